The number of carbonyl (C=O) groups excluding carboxylic acids is 2. The number of halogens is 2. The minimum absolute atomic E-state index is 0.174. The summed E-state index contributed by atoms with van der Waals surface area (Å²) in [6.07, 6.45) is 0. The van der Waals surface area contributed by atoms with Gasteiger partial charge in [0.2, 0.25) is 0 Å². The van der Waals surface area contributed by atoms with Gasteiger partial charge < -0.3 is 16.4 Å². The fraction of sp³-hybridized carbons (Fsp3) is 0. The smallest absolute Gasteiger partial charge is 0.323 e. The summed E-state index contributed by atoms with van der Waals surface area (Å²) in [5, 5.41) is 4.96. The molecular weight excluding hydrogens is 341 g/mol. The highest BCUT2D eigenvalue weighted by Gasteiger charge is 2.11. The molecule has 0 aromatic heterocycles. The van der Waals surface area contributed by atoms with Gasteiger partial charge in [0, 0.05) is 10.2 Å². The minimum atomic E-state index is -0.663. The molecule has 0 spiro atoms. The van der Waals surface area contributed by atoms with Gasteiger partial charge in [0.25, 0.3) is 5.91 Å². The van der Waals surface area contributed by atoms with E-state index in [0.717, 1.165) is 0 Å². The molecule has 108 valence electrons. The van der Waals surface area contributed by atoms with Crippen molar-refractivity contribution < 1.29 is 14.0 Å². The summed E-state index contributed by atoms with van der Waals surface area (Å²) in [6.45, 7) is 0. The van der Waals surface area contributed by atoms with Crippen LogP contribution in [0.1, 0.15) is 10.4 Å². The van der Waals surface area contributed by atoms with Crippen molar-refractivity contribution in [2.75, 3.05) is 10.6 Å². The van der Waals surface area contributed by atoms with Crippen molar-refractivity contribution in [3.63, 3.8) is 0 Å². The Morgan fingerprint density at radius 3 is 2.52 bits per heavy atom. The molecule has 5 nitrogen and oxygen atoms in total. The molecule has 0 fully saturated rings. The van der Waals surface area contributed by atoms with E-state index in [9.17, 15) is 14.0 Å². The predicted molar refractivity (Wildman–Crippen MR) is 81.7 cm³/mol. The molecule has 7 heteroatoms. The number of nitrogens with one attached hydrogen (secondary N) is 2. The van der Waals surface area contributed by atoms with E-state index >= 15 is 0 Å². The summed E-state index contributed by atoms with van der Waals surface area (Å²) in [4.78, 5) is 23.2. The van der Waals surface area contributed by atoms with E-state index in [2.05, 4.69) is 26.6 Å². The molecular formula is C14H11BrFN3O2. The molecule has 0 saturated heterocycles. The first-order chi connectivity index (χ1) is 9.95. The fourth-order valence-corrected chi connectivity index (χ4v) is 2.05. The van der Waals surface area contributed by atoms with E-state index in [1.165, 1.54) is 24.3 Å². The van der Waals surface area contributed by atoms with E-state index in [1.807, 2.05) is 0 Å². The van der Waals surface area contributed by atoms with Gasteiger partial charge in [-0.1, -0.05) is 22.0 Å². The van der Waals surface area contributed by atoms with Crippen LogP contribution in [0.4, 0.5) is 20.6 Å². The van der Waals surface area contributed by atoms with Crippen LogP contribution in [0.3, 0.4) is 0 Å². The minimum Gasteiger partial charge on any atom is -0.366 e. The highest BCUT2D eigenvalue weighted by atomic mass is 79.9. The molecule has 0 radical (unpaired) electrons. The van der Waals surface area contributed by atoms with Crippen molar-refractivity contribution in [3.05, 3.63) is 58.3 Å². The van der Waals surface area contributed by atoms with E-state index in [0.29, 0.717) is 10.2 Å². The lowest BCUT2D eigenvalue weighted by molar-refractivity contribution is 0.100. The van der Waals surface area contributed by atoms with Crippen LogP contribution in [-0.4, -0.2) is 11.9 Å². The highest BCUT2D eigenvalue weighted by Crippen LogP contribution is 2.21. The van der Waals surface area contributed by atoms with Gasteiger partial charge in [-0.05, 0) is 36.4 Å². The third-order valence-corrected chi connectivity index (χ3v) is 3.07. The van der Waals surface area contributed by atoms with Gasteiger partial charge in [0.05, 0.1) is 11.3 Å². The van der Waals surface area contributed by atoms with Crippen LogP contribution in [0.15, 0.2) is 46.9 Å². The molecule has 2 aromatic rings. The molecule has 4 N–H and O–H groups in total. The van der Waals surface area contributed by atoms with E-state index < -0.39 is 17.8 Å². The van der Waals surface area contributed by atoms with Crippen LogP contribution >= 0.6 is 15.9 Å². The van der Waals surface area contributed by atoms with Crippen molar-refractivity contribution in [1.29, 1.82) is 0 Å². The number of nitrogens with two attached hydrogens (primary N) is 1. The Balaban J connectivity index is 2.16. The van der Waals surface area contributed by atoms with Gasteiger partial charge >= 0.3 is 6.03 Å². The van der Waals surface area contributed by atoms with Crippen molar-refractivity contribution in [3.8, 4) is 0 Å². The average Bonchev–Trinajstić information content (AvgIpc) is 2.38. The van der Waals surface area contributed by atoms with Crippen molar-refractivity contribution >= 4 is 39.2 Å². The Labute approximate surface area is 128 Å². The number of anilines is 2. The van der Waals surface area contributed by atoms with Crippen LogP contribution < -0.4 is 16.4 Å². The Bertz CT molecular complexity index is 706. The second-order valence-electron chi connectivity index (χ2n) is 4.14. The molecule has 0 aliphatic carbocycles. The number of primary amides is 1. The second kappa shape index (κ2) is 6.36. The molecule has 3 amide bonds. The van der Waals surface area contributed by atoms with E-state index in [-0.39, 0.29) is 11.3 Å². The molecule has 0 saturated carbocycles. The molecule has 0 heterocycles. The zero-order valence-corrected chi connectivity index (χ0v) is 12.3. The first kappa shape index (κ1) is 15.0. The SMILES string of the molecule is NC(=O)c1ccc(Br)cc1NC(=O)Nc1cccc(F)c1. The first-order valence-corrected chi connectivity index (χ1v) is 6.68. The third-order valence-electron chi connectivity index (χ3n) is 2.58. The van der Waals surface area contributed by atoms with Gasteiger partial charge in [-0.15, -0.1) is 0 Å². The van der Waals surface area contributed by atoms with Crippen LogP contribution in [0.5, 0.6) is 0 Å². The largest absolute Gasteiger partial charge is 0.366 e. The van der Waals surface area contributed by atoms with Crippen LogP contribution in [0.2, 0.25) is 0 Å². The molecule has 21 heavy (non-hydrogen) atoms. The molecule has 0 bridgehead atoms. The van der Waals surface area contributed by atoms with Crippen LogP contribution in [0.25, 0.3) is 0 Å². The maximum Gasteiger partial charge on any atom is 0.323 e. The maximum atomic E-state index is 13.0. The van der Waals surface area contributed by atoms with Gasteiger partial charge in [0.15, 0.2) is 0 Å². The molecule has 0 aliphatic rings. The van der Waals surface area contributed by atoms with Crippen molar-refractivity contribution in [2.45, 2.75) is 0 Å². The molecule has 0 unspecified atom stereocenters. The van der Waals surface area contributed by atoms with Crippen LogP contribution in [0, 0.1) is 5.82 Å². The molecule has 2 rings (SSSR count). The summed E-state index contributed by atoms with van der Waals surface area (Å²) < 4.78 is 13.7. The zero-order chi connectivity index (χ0) is 15.4. The number of amides is 3. The summed E-state index contributed by atoms with van der Waals surface area (Å²) in [7, 11) is 0. The summed E-state index contributed by atoms with van der Waals surface area (Å²) in [5.74, 6) is -1.13. The topological polar surface area (TPSA) is 84.2 Å². The fourth-order valence-electron chi connectivity index (χ4n) is 1.69. The van der Waals surface area contributed by atoms with Crippen molar-refractivity contribution in [2.24, 2.45) is 5.73 Å². The Hall–Kier alpha value is -2.41. The van der Waals surface area contributed by atoms with E-state index in [4.69, 9.17) is 5.73 Å². The quantitative estimate of drug-likeness (QED) is 0.792. The Morgan fingerprint density at radius 2 is 1.86 bits per heavy atom. The van der Waals surface area contributed by atoms with Gasteiger partial charge in [-0.25, -0.2) is 9.18 Å². The number of benzene rings is 2. The first-order valence-electron chi connectivity index (χ1n) is 5.88. The predicted octanol–water partition coefficient (Wildman–Crippen LogP) is 3.33. The molecule has 0 aliphatic heterocycles. The van der Waals surface area contributed by atoms with Crippen molar-refractivity contribution in [1.82, 2.24) is 0 Å². The molecule has 2 aromatic carbocycles. The lowest BCUT2D eigenvalue weighted by atomic mass is 10.1. The van der Waals surface area contributed by atoms with Gasteiger partial charge in [-0.2, -0.15) is 0 Å². The standard InChI is InChI=1S/C14H11BrFN3O2/c15-8-4-5-11(13(17)20)12(6-8)19-14(21)18-10-3-1-2-9(16)7-10/h1-7H,(H2,17,20)(H2,18,19,21). The lowest BCUT2D eigenvalue weighted by Gasteiger charge is -2.11. The highest BCUT2D eigenvalue weighted by molar-refractivity contribution is 9.10. The normalized spacial score (nSPS) is 10.0. The second-order valence-corrected chi connectivity index (χ2v) is 5.06. The van der Waals surface area contributed by atoms with Crippen LogP contribution in [-0.2, 0) is 0 Å². The number of rotatable bonds is 3. The Morgan fingerprint density at radius 1 is 1.10 bits per heavy atom. The third kappa shape index (κ3) is 4.03. The summed E-state index contributed by atoms with van der Waals surface area (Å²) in [6, 6.07) is 9.52. The zero-order valence-electron chi connectivity index (χ0n) is 10.7. The number of urea groups is 1. The number of carbonyl (C=O) groups is 2. The number of hydrogen-bond donors (Lipinski definition) is 3. The van der Waals surface area contributed by atoms with Gasteiger partial charge in [-0.3, -0.25) is 4.79 Å². The monoisotopic (exact) mass is 351 g/mol. The number of hydrogen-bond acceptors (Lipinski definition) is 2. The van der Waals surface area contributed by atoms with E-state index in [1.54, 1.807) is 18.2 Å². The Kier molecular flexibility index (Phi) is 4.54. The average molecular weight is 352 g/mol. The van der Waals surface area contributed by atoms with Gasteiger partial charge in [0.1, 0.15) is 5.82 Å². The molecule has 0 atom stereocenters. The summed E-state index contributed by atoms with van der Waals surface area (Å²) >= 11 is 3.24. The maximum absolute atomic E-state index is 13.0. The summed E-state index contributed by atoms with van der Waals surface area (Å²) in [5.41, 5.74) is 5.96. The lowest BCUT2D eigenvalue weighted by Crippen LogP contribution is -2.22.